The first-order valence-electron chi connectivity index (χ1n) is 11.8. The maximum Gasteiger partial charge on any atom is 0.312 e. The highest BCUT2D eigenvalue weighted by atomic mass is 19.1. The van der Waals surface area contributed by atoms with Gasteiger partial charge in [0.1, 0.15) is 17.3 Å². The quantitative estimate of drug-likeness (QED) is 0.491. The minimum atomic E-state index is -0.636. The molecule has 10 nitrogen and oxygen atoms in total. The molecule has 2 aromatic heterocycles. The lowest BCUT2D eigenvalue weighted by Crippen LogP contribution is -2.43. The smallest absolute Gasteiger partial charge is 0.312 e. The van der Waals surface area contributed by atoms with E-state index in [1.165, 1.54) is 40.6 Å². The van der Waals surface area contributed by atoms with E-state index >= 15 is 0 Å². The van der Waals surface area contributed by atoms with Crippen LogP contribution in [0.4, 0.5) is 4.39 Å². The van der Waals surface area contributed by atoms with Crippen molar-refractivity contribution >= 4 is 11.8 Å². The molecule has 1 aliphatic rings. The van der Waals surface area contributed by atoms with E-state index in [1.807, 2.05) is 13.8 Å². The minimum Gasteiger partial charge on any atom is -0.419 e. The third kappa shape index (κ3) is 6.10. The lowest BCUT2D eigenvalue weighted by molar-refractivity contribution is -0.151. The molecule has 0 bridgehead atoms. The van der Waals surface area contributed by atoms with Crippen LogP contribution in [0.25, 0.3) is 11.6 Å². The van der Waals surface area contributed by atoms with Crippen LogP contribution in [-0.2, 0) is 23.1 Å². The Morgan fingerprint density at radius 1 is 1.16 bits per heavy atom. The third-order valence-corrected chi connectivity index (χ3v) is 5.89. The second-order valence-electron chi connectivity index (χ2n) is 8.47. The molecule has 3 heterocycles. The number of likely N-dealkylation sites (N-methyl/N-ethyl adjacent to an activating group) is 1. The predicted octanol–water partition coefficient (Wildman–Crippen LogP) is 3.28. The normalized spacial score (nSPS) is 14.5. The van der Waals surface area contributed by atoms with Crippen molar-refractivity contribution in [2.24, 2.45) is 7.05 Å². The summed E-state index contributed by atoms with van der Waals surface area (Å²) in [5.74, 6) is -0.890. The van der Waals surface area contributed by atoms with E-state index in [2.05, 4.69) is 15.2 Å². The number of carbonyl (C=O) groups is 2. The first-order chi connectivity index (χ1) is 17.2. The van der Waals surface area contributed by atoms with Gasteiger partial charge >= 0.3 is 11.8 Å². The Hall–Kier alpha value is -3.89. The van der Waals surface area contributed by atoms with Crippen molar-refractivity contribution in [3.05, 3.63) is 63.3 Å². The third-order valence-electron chi connectivity index (χ3n) is 5.89. The molecule has 37 heavy (non-hydrogen) atoms. The molecule has 200 valence electrons. The zero-order valence-corrected chi connectivity index (χ0v) is 21.4. The fourth-order valence-corrected chi connectivity index (χ4v) is 4.03. The summed E-state index contributed by atoms with van der Waals surface area (Å²) in [5, 5.41) is 8.10. The van der Waals surface area contributed by atoms with E-state index in [-0.39, 0.29) is 30.4 Å². The summed E-state index contributed by atoms with van der Waals surface area (Å²) in [6.07, 6.45) is 1.54. The van der Waals surface area contributed by atoms with Crippen LogP contribution < -0.4 is 5.56 Å². The van der Waals surface area contributed by atoms with Gasteiger partial charge in [0.2, 0.25) is 5.89 Å². The van der Waals surface area contributed by atoms with Crippen molar-refractivity contribution in [3.63, 3.8) is 0 Å². The van der Waals surface area contributed by atoms with Crippen LogP contribution in [0, 0.1) is 12.7 Å². The number of hydrogen-bond donors (Lipinski definition) is 0. The molecule has 3 aromatic rings. The molecular weight excluding hydrogens is 479 g/mol. The Bertz CT molecular complexity index is 1300. The van der Waals surface area contributed by atoms with Gasteiger partial charge in [-0.25, -0.2) is 9.37 Å². The lowest BCUT2D eigenvalue weighted by atomic mass is 10.1. The molecule has 1 aliphatic heterocycles. The van der Waals surface area contributed by atoms with Gasteiger partial charge in [-0.2, -0.15) is 0 Å². The molecule has 1 saturated heterocycles. The second kappa shape index (κ2) is 12.4. The van der Waals surface area contributed by atoms with Crippen molar-refractivity contribution in [1.82, 2.24) is 29.5 Å². The Kier molecular flexibility index (Phi) is 9.81. The molecule has 4 rings (SSSR count). The number of carbonyl (C=O) groups excluding carboxylic acids is 2. The van der Waals surface area contributed by atoms with Gasteiger partial charge in [0.05, 0.1) is 12.5 Å². The molecule has 0 radical (unpaired) electrons. The monoisotopic (exact) mass is 514 g/mol. The molecule has 0 aliphatic carbocycles. The molecule has 1 aromatic carbocycles. The van der Waals surface area contributed by atoms with Gasteiger partial charge in [-0.1, -0.05) is 33.4 Å². The molecule has 0 spiro atoms. The van der Waals surface area contributed by atoms with Crippen molar-refractivity contribution < 1.29 is 18.4 Å². The molecule has 1 fully saturated rings. The van der Waals surface area contributed by atoms with E-state index in [9.17, 15) is 18.8 Å². The van der Waals surface area contributed by atoms with Crippen LogP contribution in [0.5, 0.6) is 0 Å². The maximum absolute atomic E-state index is 13.2. The first kappa shape index (κ1) is 29.3. The standard InChI is InChI=1S/C23H25FN6O4.C2H6.CH4/c1-13-18(20-27-26-17(34-20)12-14-7-9-15(24)10-8-14)25-19(29(4)21(13)31)16-6-5-11-30(16)23(33)22(32)28(2)3;1-2;/h7-10,16H,5-6,11-12H2,1-4H3;1-2H3;1H4. The summed E-state index contributed by atoms with van der Waals surface area (Å²) >= 11 is 0. The summed E-state index contributed by atoms with van der Waals surface area (Å²) in [4.78, 5) is 45.3. The van der Waals surface area contributed by atoms with Gasteiger partial charge < -0.3 is 14.2 Å². The molecule has 1 atom stereocenters. The molecule has 2 amide bonds. The highest BCUT2D eigenvalue weighted by molar-refractivity contribution is 6.34. The zero-order chi connectivity index (χ0) is 26.6. The number of aromatic nitrogens is 4. The van der Waals surface area contributed by atoms with Gasteiger partial charge in [0.15, 0.2) is 0 Å². The largest absolute Gasteiger partial charge is 0.419 e. The number of benzene rings is 1. The van der Waals surface area contributed by atoms with Gasteiger partial charge in [-0.15, -0.1) is 10.2 Å². The SMILES string of the molecule is C.CC.Cc1c(-c2nnc(Cc3ccc(F)cc3)o2)nc(C2CCCN2C(=O)C(=O)N(C)C)n(C)c1=O. The van der Waals surface area contributed by atoms with Gasteiger partial charge in [0, 0.05) is 33.3 Å². The van der Waals surface area contributed by atoms with Crippen molar-refractivity contribution in [3.8, 4) is 11.6 Å². The molecular formula is C26H35FN6O4. The number of rotatable bonds is 4. The summed E-state index contributed by atoms with van der Waals surface area (Å²) in [7, 11) is 4.62. The van der Waals surface area contributed by atoms with E-state index in [4.69, 9.17) is 4.42 Å². The molecule has 0 saturated carbocycles. The van der Waals surface area contributed by atoms with Crippen LogP contribution in [-0.4, -0.2) is 62.0 Å². The topological polar surface area (TPSA) is 114 Å². The molecule has 0 N–H and O–H groups in total. The number of nitrogens with zero attached hydrogens (tertiary/aromatic N) is 6. The molecule has 11 heteroatoms. The van der Waals surface area contributed by atoms with Crippen LogP contribution in [0.3, 0.4) is 0 Å². The van der Waals surface area contributed by atoms with E-state index in [0.717, 1.165) is 5.56 Å². The van der Waals surface area contributed by atoms with E-state index in [1.54, 1.807) is 26.1 Å². The van der Waals surface area contributed by atoms with Gasteiger partial charge in [0.25, 0.3) is 11.4 Å². The average molecular weight is 515 g/mol. The maximum atomic E-state index is 13.2. The Labute approximate surface area is 216 Å². The fraction of sp³-hybridized carbons (Fsp3) is 0.462. The number of hydrogen-bond acceptors (Lipinski definition) is 7. The van der Waals surface area contributed by atoms with Crippen LogP contribution in [0.2, 0.25) is 0 Å². The summed E-state index contributed by atoms with van der Waals surface area (Å²) < 4.78 is 20.3. The highest BCUT2D eigenvalue weighted by Crippen LogP contribution is 2.32. The van der Waals surface area contributed by atoms with Crippen molar-refractivity contribution in [2.75, 3.05) is 20.6 Å². The Morgan fingerprint density at radius 2 is 1.81 bits per heavy atom. The number of likely N-dealkylation sites (tertiary alicyclic amines) is 1. The Morgan fingerprint density at radius 3 is 2.43 bits per heavy atom. The van der Waals surface area contributed by atoms with Gasteiger partial charge in [-0.3, -0.25) is 19.0 Å². The summed E-state index contributed by atoms with van der Waals surface area (Å²) in [6, 6.07) is 5.41. The highest BCUT2D eigenvalue weighted by Gasteiger charge is 2.37. The van der Waals surface area contributed by atoms with E-state index in [0.29, 0.717) is 43.1 Å². The van der Waals surface area contributed by atoms with E-state index < -0.39 is 17.9 Å². The predicted molar refractivity (Wildman–Crippen MR) is 137 cm³/mol. The van der Waals surface area contributed by atoms with Gasteiger partial charge in [-0.05, 0) is 37.5 Å². The second-order valence-corrected chi connectivity index (χ2v) is 8.47. The summed E-state index contributed by atoms with van der Waals surface area (Å²) in [6.45, 7) is 6.01. The van der Waals surface area contributed by atoms with Crippen molar-refractivity contribution in [1.29, 1.82) is 0 Å². The minimum absolute atomic E-state index is 0. The van der Waals surface area contributed by atoms with Crippen LogP contribution in [0.15, 0.2) is 33.5 Å². The van der Waals surface area contributed by atoms with Crippen LogP contribution >= 0.6 is 0 Å². The zero-order valence-electron chi connectivity index (χ0n) is 21.4. The lowest BCUT2D eigenvalue weighted by Gasteiger charge is -2.26. The van der Waals surface area contributed by atoms with Crippen molar-refractivity contribution in [2.45, 2.75) is 53.5 Å². The average Bonchev–Trinajstić information content (AvgIpc) is 3.54. The molecule has 1 unspecified atom stereocenters. The number of halogens is 1. The van der Waals surface area contributed by atoms with Crippen LogP contribution in [0.1, 0.15) is 63.0 Å². The fourth-order valence-electron chi connectivity index (χ4n) is 4.03. The first-order valence-corrected chi connectivity index (χ1v) is 11.8. The number of amides is 2. The summed E-state index contributed by atoms with van der Waals surface area (Å²) in [5.41, 5.74) is 1.03. The Balaban J connectivity index is 0.00000157.